The molecule has 0 aromatic rings. The Morgan fingerprint density at radius 1 is 0.300 bits per heavy atom. The standard InChI is InChI=1S/C120H227N2O20P.C6H15N/c1-9-17-25-33-41-49-53-61-69-77-85-93-112(127)136-104(89-81-73-65-57-45-37-29-21-13-5)99-109(124)120(122-111(126)101-106(91-83-75-67-59-47-39-31-23-15-7)138-114(129)95-87-79-71-63-55-51-43-35-27-19-11-3)118(141-116(131)102-107(92-84-76-68-60-48-40-32-24-16-8)139-115(130)96-88-80-72-64-56-52-44-36-28-20-12-4)117(142-143(132,133)134)108(103-123)140-119(120)135-98-97-121-110(125)100-105(90-82-74-66-58-46-38-30-22-14-6)137-113(128)94-86-78-70-62-54-50-42-34-26-18-10-2;1-4-7(5-2)6-3/h104-108,117-119,123H,9-103H2,1-8H3,(H,121,125)(H,122,126)(H2,132,133,134);4-6H2,1-3H3/t104-,105-,106-,107-,108-,117-,118+,119-,120-;/m1./s1. The zero-order valence-electron chi connectivity index (χ0n) is 99.6. The number of Topliss-reactive ketones (excluding diaryl/α,β-unsaturated/α-hetero) is 1. The van der Waals surface area contributed by atoms with Gasteiger partial charge in [-0.1, -0.05) is 538 Å². The molecule has 0 aliphatic carbocycles. The second-order valence-electron chi connectivity index (χ2n) is 44.7. The summed E-state index contributed by atoms with van der Waals surface area (Å²) < 4.78 is 65.4. The van der Waals surface area contributed by atoms with Gasteiger partial charge in [-0.2, -0.15) is 0 Å². The predicted octanol–water partition coefficient (Wildman–Crippen LogP) is 34.7. The minimum atomic E-state index is -5.83. The van der Waals surface area contributed by atoms with Gasteiger partial charge in [0.25, 0.3) is 0 Å². The molecular weight excluding hydrogens is 1910 g/mol. The normalized spacial score (nSPS) is 16.0. The lowest BCUT2D eigenvalue weighted by atomic mass is 9.77. The maximum Gasteiger partial charge on any atom is 0.470 e. The molecule has 1 heterocycles. The first-order chi connectivity index (χ1) is 73.0. The zero-order valence-corrected chi connectivity index (χ0v) is 100. The van der Waals surface area contributed by atoms with Crippen LogP contribution in [0.3, 0.4) is 0 Å². The smallest absolute Gasteiger partial charge is 0.462 e. The Kier molecular flexibility index (Phi) is 105. The molecule has 150 heavy (non-hydrogen) atoms. The summed E-state index contributed by atoms with van der Waals surface area (Å²) in [5.41, 5.74) is -2.95. The number of carbonyl (C=O) groups excluding carboxylic acids is 8. The third-order valence-corrected chi connectivity index (χ3v) is 31.1. The summed E-state index contributed by atoms with van der Waals surface area (Å²) >= 11 is 0. The molecule has 886 valence electrons. The van der Waals surface area contributed by atoms with E-state index in [9.17, 15) is 43.4 Å². The first-order valence-electron chi connectivity index (χ1n) is 64.5. The minimum absolute atomic E-state index is 0.0445. The van der Waals surface area contributed by atoms with Gasteiger partial charge < -0.3 is 63.6 Å². The molecular formula is C126H242N3O20P. The molecule has 1 saturated heterocycles. The number of ketones is 1. The molecule has 0 aromatic heterocycles. The molecule has 24 heteroatoms. The Morgan fingerprint density at radius 2 is 0.527 bits per heavy atom. The molecule has 2 amide bonds. The van der Waals surface area contributed by atoms with Crippen LogP contribution in [0, 0.1) is 0 Å². The number of ether oxygens (including phenoxy) is 7. The number of rotatable bonds is 113. The summed E-state index contributed by atoms with van der Waals surface area (Å²) in [7, 11) is -5.83. The lowest BCUT2D eigenvalue weighted by molar-refractivity contribution is -0.291. The fraction of sp³-hybridized carbons (Fsp3) is 0.937. The number of amides is 2. The number of phosphoric acid groups is 1. The highest BCUT2D eigenvalue weighted by molar-refractivity contribution is 7.46. The van der Waals surface area contributed by atoms with Crippen molar-refractivity contribution in [3.05, 3.63) is 0 Å². The van der Waals surface area contributed by atoms with Crippen molar-refractivity contribution in [3.63, 3.8) is 0 Å². The first-order valence-corrected chi connectivity index (χ1v) is 66.0. The molecule has 0 unspecified atom stereocenters. The number of nitrogens with zero attached hydrogens (tertiary/aromatic N) is 1. The van der Waals surface area contributed by atoms with Crippen LogP contribution in [0.1, 0.15) is 667 Å². The van der Waals surface area contributed by atoms with Crippen molar-refractivity contribution >= 4 is 55.3 Å². The van der Waals surface area contributed by atoms with E-state index in [-0.39, 0.29) is 63.9 Å². The highest BCUT2D eigenvalue weighted by atomic mass is 31.2. The van der Waals surface area contributed by atoms with Gasteiger partial charge >= 0.3 is 37.7 Å². The third-order valence-electron chi connectivity index (χ3n) is 30.6. The monoisotopic (exact) mass is 2150 g/mol. The van der Waals surface area contributed by atoms with Crippen LogP contribution in [0.4, 0.5) is 0 Å². The second kappa shape index (κ2) is 108. The summed E-state index contributed by atoms with van der Waals surface area (Å²) in [5, 5.41) is 17.6. The molecule has 23 nitrogen and oxygen atoms in total. The number of unbranched alkanes of at least 4 members (excludes halogenated alkanes) is 72. The van der Waals surface area contributed by atoms with Gasteiger partial charge in [0.15, 0.2) is 23.7 Å². The molecule has 0 bridgehead atoms. The zero-order chi connectivity index (χ0) is 110. The van der Waals surface area contributed by atoms with Crippen molar-refractivity contribution in [1.82, 2.24) is 15.5 Å². The van der Waals surface area contributed by atoms with E-state index in [1.54, 1.807) is 0 Å². The van der Waals surface area contributed by atoms with Crippen LogP contribution < -0.4 is 10.6 Å². The van der Waals surface area contributed by atoms with E-state index in [1.165, 1.54) is 212 Å². The van der Waals surface area contributed by atoms with Crippen molar-refractivity contribution in [2.45, 2.75) is 721 Å². The Morgan fingerprint density at radius 3 is 0.760 bits per heavy atom. The Hall–Kier alpha value is -4.09. The van der Waals surface area contributed by atoms with Crippen LogP contribution in [0.15, 0.2) is 0 Å². The average molecular weight is 2150 g/mol. The Bertz CT molecular complexity index is 3100. The van der Waals surface area contributed by atoms with Gasteiger partial charge in [0.2, 0.25) is 11.8 Å². The highest BCUT2D eigenvalue weighted by Crippen LogP contribution is 2.46. The molecule has 1 fully saturated rings. The number of hydrogen-bond donors (Lipinski definition) is 5. The maximum atomic E-state index is 17.3. The average Bonchev–Trinajstić information content (AvgIpc) is 0.727. The largest absolute Gasteiger partial charge is 0.470 e. The quantitative estimate of drug-likeness (QED) is 0.0163. The summed E-state index contributed by atoms with van der Waals surface area (Å²) in [4.78, 5) is 146. The van der Waals surface area contributed by atoms with Crippen LogP contribution in [-0.4, -0.2) is 161 Å². The molecule has 0 aromatic carbocycles. The molecule has 1 aliphatic rings. The molecule has 5 N–H and O–H groups in total. The van der Waals surface area contributed by atoms with E-state index in [2.05, 4.69) is 91.7 Å². The van der Waals surface area contributed by atoms with Crippen molar-refractivity contribution in [1.29, 1.82) is 0 Å². The van der Waals surface area contributed by atoms with Gasteiger partial charge in [0.1, 0.15) is 36.6 Å². The van der Waals surface area contributed by atoms with Gasteiger partial charge in [0, 0.05) is 38.6 Å². The fourth-order valence-corrected chi connectivity index (χ4v) is 21.5. The summed E-state index contributed by atoms with van der Waals surface area (Å²) in [6.45, 7) is 25.9. The first kappa shape index (κ1) is 146. The van der Waals surface area contributed by atoms with Gasteiger partial charge in [-0.3, -0.25) is 42.9 Å². The summed E-state index contributed by atoms with van der Waals surface area (Å²) in [6, 6.07) is 0. The van der Waals surface area contributed by atoms with E-state index in [4.69, 9.17) is 37.7 Å². The van der Waals surface area contributed by atoms with Crippen molar-refractivity contribution in [2.24, 2.45) is 0 Å². The Balaban J connectivity index is 0.0000305. The van der Waals surface area contributed by atoms with E-state index in [0.717, 1.165) is 276 Å². The number of aliphatic hydroxyl groups is 1. The molecule has 9 atom stereocenters. The second-order valence-corrected chi connectivity index (χ2v) is 45.9. The topological polar surface area (TPSA) is 315 Å². The van der Waals surface area contributed by atoms with Crippen molar-refractivity contribution in [3.8, 4) is 0 Å². The highest BCUT2D eigenvalue weighted by Gasteiger charge is 2.66. The van der Waals surface area contributed by atoms with Crippen molar-refractivity contribution < 1.29 is 95.5 Å². The molecule has 0 radical (unpaired) electrons. The fourth-order valence-electron chi connectivity index (χ4n) is 21.0. The summed E-state index contributed by atoms with van der Waals surface area (Å²) in [5.74, 6) is -5.48. The molecule has 0 saturated carbocycles. The number of carbonyl (C=O) groups is 8. The number of esters is 5. The van der Waals surface area contributed by atoms with E-state index in [1.807, 2.05) is 0 Å². The van der Waals surface area contributed by atoms with Crippen LogP contribution in [-0.2, 0) is 80.6 Å². The van der Waals surface area contributed by atoms with E-state index >= 15 is 14.4 Å². The number of aliphatic hydroxyl groups excluding tert-OH is 1. The van der Waals surface area contributed by atoms with Gasteiger partial charge in [-0.05, 0) is 96.7 Å². The molecule has 0 spiro atoms. The minimum Gasteiger partial charge on any atom is -0.462 e. The lowest BCUT2D eigenvalue weighted by Crippen LogP contribution is -2.78. The SMILES string of the molecule is CCCCCCCCCCCCCC(=O)O[C@H](CCCCCCCCCCC)CC(=O)NCCO[C@@H]1O[C@H](CO)[C@@H](OP(=O)(O)O)[C@H](OC(=O)C[C@@H](CCCCCCCCCCC)OC(=O)CCCCCCCCCCCCC)[C@]1(NC(=O)C[C@@H](CCCCCCCCCCC)OC(=O)CCCCCCCCCCCCC)C(=O)C[C@@H](CCCCCCCCCCC)OC(=O)CCCCCCCCCCCCC.CCN(CC)CC. The van der Waals surface area contributed by atoms with Crippen LogP contribution in [0.2, 0.25) is 0 Å². The number of nitrogens with one attached hydrogen (secondary N) is 2. The van der Waals surface area contributed by atoms with Crippen LogP contribution >= 0.6 is 7.82 Å². The van der Waals surface area contributed by atoms with Crippen molar-refractivity contribution in [2.75, 3.05) is 39.4 Å². The van der Waals surface area contributed by atoms with Gasteiger partial charge in [0.05, 0.1) is 32.5 Å². The summed E-state index contributed by atoms with van der Waals surface area (Å²) in [6.07, 6.45) is 70.4. The maximum absolute atomic E-state index is 17.3. The van der Waals surface area contributed by atoms with E-state index < -0.39 is 136 Å². The predicted molar refractivity (Wildman–Crippen MR) is 621 cm³/mol. The Labute approximate surface area is 921 Å². The number of hydrogen-bond acceptors (Lipinski definition) is 19. The van der Waals surface area contributed by atoms with E-state index in [0.29, 0.717) is 51.4 Å². The third kappa shape index (κ3) is 87.8. The van der Waals surface area contributed by atoms with Gasteiger partial charge in [-0.25, -0.2) is 4.57 Å². The molecule has 1 rings (SSSR count). The lowest BCUT2D eigenvalue weighted by Gasteiger charge is -2.52. The number of phosphoric ester groups is 1. The molecule has 1 aliphatic heterocycles. The van der Waals surface area contributed by atoms with Crippen LogP contribution in [0.5, 0.6) is 0 Å². The van der Waals surface area contributed by atoms with Crippen LogP contribution in [0.25, 0.3) is 0 Å². The van der Waals surface area contributed by atoms with Gasteiger partial charge in [-0.15, -0.1) is 0 Å².